The topological polar surface area (TPSA) is 87.6 Å². The van der Waals surface area contributed by atoms with Gasteiger partial charge in [-0.3, -0.25) is 14.7 Å². The van der Waals surface area contributed by atoms with Crippen molar-refractivity contribution >= 4 is 22.5 Å². The van der Waals surface area contributed by atoms with Gasteiger partial charge in [0.15, 0.2) is 0 Å². The number of amides is 1. The molecule has 1 aromatic carbocycles. The number of rotatable bonds is 5. The molecule has 4 heterocycles. The highest BCUT2D eigenvalue weighted by Crippen LogP contribution is 2.47. The summed E-state index contributed by atoms with van der Waals surface area (Å²) in [5.74, 6) is 0.361. The Bertz CT molecular complexity index is 1280. The van der Waals surface area contributed by atoms with Gasteiger partial charge >= 0.3 is 0 Å². The first-order valence-corrected chi connectivity index (χ1v) is 12.7. The van der Waals surface area contributed by atoms with Crippen molar-refractivity contribution in [1.82, 2.24) is 14.9 Å². The number of aliphatic hydroxyl groups excluding tert-OH is 1. The summed E-state index contributed by atoms with van der Waals surface area (Å²) in [7, 11) is 0. The fraction of sp³-hybridized carbons (Fsp3) is 0.464. The summed E-state index contributed by atoms with van der Waals surface area (Å²) >= 11 is 0. The lowest BCUT2D eigenvalue weighted by atomic mass is 9.85. The highest BCUT2D eigenvalue weighted by molar-refractivity contribution is 5.96. The van der Waals surface area contributed by atoms with Crippen molar-refractivity contribution in [2.75, 3.05) is 31.6 Å². The van der Waals surface area contributed by atoms with E-state index >= 15 is 4.39 Å². The van der Waals surface area contributed by atoms with Crippen LogP contribution < -0.4 is 5.32 Å². The first-order valence-electron chi connectivity index (χ1n) is 12.7. The Kier molecular flexibility index (Phi) is 5.98. The number of aliphatic hydroxyl groups is 1. The van der Waals surface area contributed by atoms with Gasteiger partial charge in [0.2, 0.25) is 5.91 Å². The molecule has 188 valence electrons. The van der Waals surface area contributed by atoms with Crippen LogP contribution in [-0.4, -0.2) is 63.8 Å². The zero-order valence-corrected chi connectivity index (χ0v) is 20.4. The molecule has 3 aromatic rings. The summed E-state index contributed by atoms with van der Waals surface area (Å²) in [5.41, 5.74) is 1.28. The first kappa shape index (κ1) is 23.5. The Labute approximate surface area is 209 Å². The zero-order valence-electron chi connectivity index (χ0n) is 20.4. The number of nitrogens with one attached hydrogen (secondary N) is 1. The molecular weight excluding hydrogens is 459 g/mol. The maximum absolute atomic E-state index is 15.1. The van der Waals surface area contributed by atoms with Gasteiger partial charge in [-0.1, -0.05) is 6.07 Å². The maximum atomic E-state index is 15.1. The van der Waals surface area contributed by atoms with Gasteiger partial charge in [0, 0.05) is 35.3 Å². The monoisotopic (exact) mass is 490 g/mol. The molecule has 7 nitrogen and oxygen atoms in total. The van der Waals surface area contributed by atoms with Crippen molar-refractivity contribution in [2.45, 2.75) is 49.7 Å². The number of hydrogen-bond donors (Lipinski definition) is 2. The van der Waals surface area contributed by atoms with Crippen LogP contribution in [0.15, 0.2) is 48.8 Å². The quantitative estimate of drug-likeness (QED) is 0.565. The minimum absolute atomic E-state index is 0.0567. The van der Waals surface area contributed by atoms with Crippen molar-refractivity contribution in [3.8, 4) is 0 Å². The van der Waals surface area contributed by atoms with Crippen LogP contribution in [-0.2, 0) is 9.53 Å². The normalized spacial score (nSPS) is 28.9. The van der Waals surface area contributed by atoms with Crippen LogP contribution in [0.3, 0.4) is 0 Å². The minimum atomic E-state index is -0.498. The van der Waals surface area contributed by atoms with Gasteiger partial charge in [-0.05, 0) is 86.5 Å². The molecule has 3 fully saturated rings. The summed E-state index contributed by atoms with van der Waals surface area (Å²) in [5, 5.41) is 14.9. The smallest absolute Gasteiger partial charge is 0.229 e. The number of ether oxygens (including phenoxy) is 1. The van der Waals surface area contributed by atoms with E-state index in [1.54, 1.807) is 18.5 Å². The van der Waals surface area contributed by atoms with Crippen LogP contribution in [0.2, 0.25) is 0 Å². The van der Waals surface area contributed by atoms with Crippen molar-refractivity contribution < 1.29 is 19.0 Å². The third kappa shape index (κ3) is 4.27. The molecule has 1 aliphatic carbocycles. The molecule has 0 bridgehead atoms. The van der Waals surface area contributed by atoms with E-state index in [1.807, 2.05) is 37.3 Å². The number of hydrogen-bond acceptors (Lipinski definition) is 6. The third-order valence-corrected chi connectivity index (χ3v) is 8.33. The molecule has 2 saturated heterocycles. The molecular formula is C28H31FN4O3. The zero-order chi connectivity index (χ0) is 24.9. The lowest BCUT2D eigenvalue weighted by molar-refractivity contribution is -0.117. The molecule has 3 aliphatic rings. The fourth-order valence-electron chi connectivity index (χ4n) is 5.85. The van der Waals surface area contributed by atoms with Crippen LogP contribution in [0, 0.1) is 11.7 Å². The molecule has 1 amide bonds. The van der Waals surface area contributed by atoms with Crippen LogP contribution in [0.25, 0.3) is 10.8 Å². The summed E-state index contributed by atoms with van der Waals surface area (Å²) in [4.78, 5) is 23.8. The van der Waals surface area contributed by atoms with E-state index < -0.39 is 6.10 Å². The lowest BCUT2D eigenvalue weighted by Gasteiger charge is -2.43. The Morgan fingerprint density at radius 2 is 2.03 bits per heavy atom. The predicted octanol–water partition coefficient (Wildman–Crippen LogP) is 3.84. The molecule has 8 heteroatoms. The van der Waals surface area contributed by atoms with Gasteiger partial charge in [-0.2, -0.15) is 0 Å². The first-order chi connectivity index (χ1) is 17.4. The molecule has 6 rings (SSSR count). The molecule has 1 saturated carbocycles. The Morgan fingerprint density at radius 3 is 2.75 bits per heavy atom. The Morgan fingerprint density at radius 1 is 1.19 bits per heavy atom. The fourth-order valence-corrected chi connectivity index (χ4v) is 5.85. The minimum Gasteiger partial charge on any atom is -0.389 e. The highest BCUT2D eigenvalue weighted by atomic mass is 19.1. The van der Waals surface area contributed by atoms with Crippen molar-refractivity contribution in [3.63, 3.8) is 0 Å². The summed E-state index contributed by atoms with van der Waals surface area (Å²) < 4.78 is 20.6. The molecule has 4 atom stereocenters. The summed E-state index contributed by atoms with van der Waals surface area (Å²) in [6, 6.07) is 11.0. The van der Waals surface area contributed by atoms with Gasteiger partial charge < -0.3 is 15.2 Å². The average molecular weight is 491 g/mol. The van der Waals surface area contributed by atoms with E-state index in [2.05, 4.69) is 20.2 Å². The number of halogens is 1. The van der Waals surface area contributed by atoms with E-state index in [0.29, 0.717) is 30.0 Å². The molecule has 0 spiro atoms. The average Bonchev–Trinajstić information content (AvgIpc) is 3.63. The number of piperidine rings is 1. The number of aromatic nitrogens is 2. The number of likely N-dealkylation sites (tertiary alicyclic amines) is 1. The Balaban J connectivity index is 1.15. The molecule has 0 radical (unpaired) electrons. The number of nitrogens with zero attached hydrogens (tertiary/aromatic N) is 3. The van der Waals surface area contributed by atoms with E-state index in [1.165, 1.54) is 0 Å². The van der Waals surface area contributed by atoms with Gasteiger partial charge in [-0.25, -0.2) is 9.37 Å². The van der Waals surface area contributed by atoms with E-state index in [4.69, 9.17) is 4.74 Å². The molecule has 2 aromatic heterocycles. The SMILES string of the molecule is CC1(N2CCC(c3cc4cc(NC(=O)C5CC5c5ccccn5)ncc4cc3F)CC2)COCC1O. The maximum Gasteiger partial charge on any atom is 0.229 e. The number of anilines is 1. The largest absolute Gasteiger partial charge is 0.389 e. The number of carbonyl (C=O) groups excluding carboxylic acids is 1. The molecule has 36 heavy (non-hydrogen) atoms. The molecule has 2 N–H and O–H groups in total. The van der Waals surface area contributed by atoms with E-state index in [0.717, 1.165) is 43.4 Å². The molecule has 4 unspecified atom stereocenters. The second-order valence-electron chi connectivity index (χ2n) is 10.6. The number of pyridine rings is 2. The number of benzene rings is 1. The summed E-state index contributed by atoms with van der Waals surface area (Å²) in [6.07, 6.45) is 5.29. The van der Waals surface area contributed by atoms with Gasteiger partial charge in [-0.15, -0.1) is 0 Å². The highest BCUT2D eigenvalue weighted by Gasteiger charge is 2.46. The van der Waals surface area contributed by atoms with Gasteiger partial charge in [0.1, 0.15) is 11.6 Å². The predicted molar refractivity (Wildman–Crippen MR) is 134 cm³/mol. The standard InChI is InChI=1S/C28H31FN4O3/c1-28(16-36-15-25(28)34)33-8-5-17(6-9-33)20-10-18-12-26(31-14-19(18)11-23(20)29)32-27(35)22-13-21(22)24-4-2-3-7-30-24/h2-4,7,10-12,14,17,21-22,25,34H,5-6,8-9,13,15-16H2,1H3,(H,31,32,35). The number of carbonyl (C=O) groups is 1. The van der Waals surface area contributed by atoms with Crippen LogP contribution in [0.1, 0.15) is 49.3 Å². The third-order valence-electron chi connectivity index (χ3n) is 8.33. The van der Waals surface area contributed by atoms with Crippen molar-refractivity contribution in [3.05, 3.63) is 65.9 Å². The second kappa shape index (κ2) is 9.18. The Hall–Kier alpha value is -2.94. The van der Waals surface area contributed by atoms with Crippen molar-refractivity contribution in [2.24, 2.45) is 5.92 Å². The van der Waals surface area contributed by atoms with Gasteiger partial charge in [0.25, 0.3) is 0 Å². The lowest BCUT2D eigenvalue weighted by Crippen LogP contribution is -2.56. The van der Waals surface area contributed by atoms with E-state index in [9.17, 15) is 9.90 Å². The van der Waals surface area contributed by atoms with Crippen molar-refractivity contribution in [1.29, 1.82) is 0 Å². The van der Waals surface area contributed by atoms with Gasteiger partial charge in [0.05, 0.1) is 24.9 Å². The summed E-state index contributed by atoms with van der Waals surface area (Å²) in [6.45, 7) is 4.51. The number of fused-ring (bicyclic) bond motifs is 1. The second-order valence-corrected chi connectivity index (χ2v) is 10.6. The van der Waals surface area contributed by atoms with Crippen LogP contribution >= 0.6 is 0 Å². The molecule has 2 aliphatic heterocycles. The van der Waals surface area contributed by atoms with E-state index in [-0.39, 0.29) is 35.0 Å². The van der Waals surface area contributed by atoms with Crippen LogP contribution in [0.5, 0.6) is 0 Å². The van der Waals surface area contributed by atoms with Crippen LogP contribution in [0.4, 0.5) is 10.2 Å².